The third kappa shape index (κ3) is 3.33. The number of halogens is 1. The predicted octanol–water partition coefficient (Wildman–Crippen LogP) is 2.32. The molecule has 8 heteroatoms. The molecule has 1 fully saturated rings. The molecule has 2 aromatic rings. The van der Waals surface area contributed by atoms with Crippen LogP contribution in [0.2, 0.25) is 0 Å². The summed E-state index contributed by atoms with van der Waals surface area (Å²) in [7, 11) is -3.09. The van der Waals surface area contributed by atoms with E-state index in [0.717, 1.165) is 5.56 Å². The number of nitrogens with one attached hydrogen (secondary N) is 1. The maximum Gasteiger partial charge on any atom is 0.230 e. The van der Waals surface area contributed by atoms with E-state index in [0.29, 0.717) is 17.2 Å². The van der Waals surface area contributed by atoms with E-state index in [1.165, 1.54) is 23.5 Å². The first-order valence-electron chi connectivity index (χ1n) is 6.66. The lowest BCUT2D eigenvalue weighted by Gasteiger charge is -2.06. The van der Waals surface area contributed by atoms with E-state index in [9.17, 15) is 17.6 Å². The normalized spacial score (nSPS) is 20.0. The number of benzene rings is 1. The van der Waals surface area contributed by atoms with E-state index in [2.05, 4.69) is 10.3 Å². The molecule has 1 saturated heterocycles. The SMILES string of the molecule is O=C(Nc1nc(-c2ccc(F)cc2)cs1)[C@@H]1CCS(=O)(=O)C1. The molecule has 1 aromatic carbocycles. The Balaban J connectivity index is 1.69. The lowest BCUT2D eigenvalue weighted by molar-refractivity contribution is -0.119. The molecule has 1 aliphatic heterocycles. The first-order valence-corrected chi connectivity index (χ1v) is 9.36. The van der Waals surface area contributed by atoms with Crippen molar-refractivity contribution >= 4 is 32.2 Å². The van der Waals surface area contributed by atoms with Gasteiger partial charge in [-0.3, -0.25) is 4.79 Å². The number of carbonyl (C=O) groups is 1. The zero-order valence-electron chi connectivity index (χ0n) is 11.5. The van der Waals surface area contributed by atoms with Gasteiger partial charge in [0, 0.05) is 10.9 Å². The van der Waals surface area contributed by atoms with Crippen LogP contribution in [-0.2, 0) is 14.6 Å². The van der Waals surface area contributed by atoms with Crippen molar-refractivity contribution in [1.29, 1.82) is 0 Å². The lowest BCUT2D eigenvalue weighted by atomic mass is 10.1. The van der Waals surface area contributed by atoms with Crippen molar-refractivity contribution in [3.63, 3.8) is 0 Å². The van der Waals surface area contributed by atoms with Crippen LogP contribution in [0.25, 0.3) is 11.3 Å². The van der Waals surface area contributed by atoms with Gasteiger partial charge in [-0.15, -0.1) is 11.3 Å². The topological polar surface area (TPSA) is 76.1 Å². The fourth-order valence-electron chi connectivity index (χ4n) is 2.29. The first-order chi connectivity index (χ1) is 10.4. The van der Waals surface area contributed by atoms with Gasteiger partial charge in [0.2, 0.25) is 5.91 Å². The van der Waals surface area contributed by atoms with Gasteiger partial charge in [-0.1, -0.05) is 0 Å². The third-order valence-electron chi connectivity index (χ3n) is 3.48. The van der Waals surface area contributed by atoms with Crippen LogP contribution in [0.15, 0.2) is 29.6 Å². The second kappa shape index (κ2) is 5.77. The van der Waals surface area contributed by atoms with Crippen LogP contribution in [0.5, 0.6) is 0 Å². The second-order valence-electron chi connectivity index (χ2n) is 5.13. The van der Waals surface area contributed by atoms with Gasteiger partial charge in [0.1, 0.15) is 5.82 Å². The van der Waals surface area contributed by atoms with Crippen molar-refractivity contribution in [2.45, 2.75) is 6.42 Å². The van der Waals surface area contributed by atoms with E-state index in [4.69, 9.17) is 0 Å². The van der Waals surface area contributed by atoms with Crippen molar-refractivity contribution in [3.05, 3.63) is 35.5 Å². The van der Waals surface area contributed by atoms with Crippen LogP contribution in [0, 0.1) is 11.7 Å². The molecular weight excluding hydrogens is 327 g/mol. The molecule has 1 aliphatic rings. The maximum atomic E-state index is 12.9. The second-order valence-corrected chi connectivity index (χ2v) is 8.22. The molecule has 116 valence electrons. The largest absolute Gasteiger partial charge is 0.302 e. The molecule has 2 heterocycles. The van der Waals surface area contributed by atoms with Crippen molar-refractivity contribution in [3.8, 4) is 11.3 Å². The zero-order valence-corrected chi connectivity index (χ0v) is 13.1. The molecule has 0 saturated carbocycles. The van der Waals surface area contributed by atoms with Gasteiger partial charge >= 0.3 is 0 Å². The summed E-state index contributed by atoms with van der Waals surface area (Å²) in [6.45, 7) is 0. The summed E-state index contributed by atoms with van der Waals surface area (Å²) in [4.78, 5) is 16.3. The number of amides is 1. The highest BCUT2D eigenvalue weighted by Crippen LogP contribution is 2.26. The van der Waals surface area contributed by atoms with Crippen LogP contribution in [0.3, 0.4) is 0 Å². The highest BCUT2D eigenvalue weighted by atomic mass is 32.2. The number of anilines is 1. The monoisotopic (exact) mass is 340 g/mol. The van der Waals surface area contributed by atoms with Crippen LogP contribution in [-0.4, -0.2) is 30.8 Å². The maximum absolute atomic E-state index is 12.9. The fraction of sp³-hybridized carbons (Fsp3) is 0.286. The summed E-state index contributed by atoms with van der Waals surface area (Å²) in [6, 6.07) is 5.91. The van der Waals surface area contributed by atoms with E-state index >= 15 is 0 Å². The first kappa shape index (κ1) is 15.1. The highest BCUT2D eigenvalue weighted by Gasteiger charge is 2.33. The standard InChI is InChI=1S/C14H13FN2O3S2/c15-11-3-1-9(2-4-11)12-7-21-14(16-12)17-13(18)10-5-6-22(19,20)8-10/h1-4,7,10H,5-6,8H2,(H,16,17,18)/t10-/m1/s1. The summed E-state index contributed by atoms with van der Waals surface area (Å²) < 4.78 is 35.7. The number of hydrogen-bond donors (Lipinski definition) is 1. The molecule has 0 bridgehead atoms. The van der Waals surface area contributed by atoms with Gasteiger partial charge in [0.05, 0.1) is 23.1 Å². The number of carbonyl (C=O) groups excluding carboxylic acids is 1. The Morgan fingerprint density at radius 2 is 2.05 bits per heavy atom. The molecule has 1 amide bonds. The zero-order chi connectivity index (χ0) is 15.7. The summed E-state index contributed by atoms with van der Waals surface area (Å²) in [5.74, 6) is -1.20. The van der Waals surface area contributed by atoms with Gasteiger partial charge in [-0.2, -0.15) is 0 Å². The Morgan fingerprint density at radius 3 is 2.68 bits per heavy atom. The molecule has 5 nitrogen and oxygen atoms in total. The van der Waals surface area contributed by atoms with Crippen molar-refractivity contribution < 1.29 is 17.6 Å². The average Bonchev–Trinajstić information content (AvgIpc) is 3.06. The Bertz CT molecular complexity index is 800. The molecule has 1 atom stereocenters. The Labute approximate surface area is 131 Å². The molecule has 0 spiro atoms. The number of aromatic nitrogens is 1. The van der Waals surface area contributed by atoms with Crippen LogP contribution >= 0.6 is 11.3 Å². The minimum absolute atomic E-state index is 0.0593. The Kier molecular flexibility index (Phi) is 3.96. The summed E-state index contributed by atoms with van der Waals surface area (Å²) in [6.07, 6.45) is 0.352. The molecular formula is C14H13FN2O3S2. The quantitative estimate of drug-likeness (QED) is 0.930. The molecule has 22 heavy (non-hydrogen) atoms. The average molecular weight is 340 g/mol. The summed E-state index contributed by atoms with van der Waals surface area (Å²) in [5, 5.41) is 4.82. The number of sulfone groups is 1. The van der Waals surface area contributed by atoms with Gasteiger partial charge < -0.3 is 5.32 Å². The summed E-state index contributed by atoms with van der Waals surface area (Å²) >= 11 is 1.25. The summed E-state index contributed by atoms with van der Waals surface area (Å²) in [5.41, 5.74) is 1.39. The number of nitrogens with zero attached hydrogens (tertiary/aromatic N) is 1. The van der Waals surface area contributed by atoms with Gasteiger partial charge in [0.15, 0.2) is 15.0 Å². The minimum atomic E-state index is -3.09. The molecule has 1 N–H and O–H groups in total. The number of rotatable bonds is 3. The van der Waals surface area contributed by atoms with Gasteiger partial charge in [-0.05, 0) is 30.7 Å². The highest BCUT2D eigenvalue weighted by molar-refractivity contribution is 7.91. The van der Waals surface area contributed by atoms with Crippen molar-refractivity contribution in [2.75, 3.05) is 16.8 Å². The molecule has 0 aliphatic carbocycles. The van der Waals surface area contributed by atoms with E-state index in [1.54, 1.807) is 17.5 Å². The number of hydrogen-bond acceptors (Lipinski definition) is 5. The minimum Gasteiger partial charge on any atom is -0.302 e. The van der Waals surface area contributed by atoms with E-state index in [1.807, 2.05) is 0 Å². The van der Waals surface area contributed by atoms with Gasteiger partial charge in [0.25, 0.3) is 0 Å². The molecule has 3 rings (SSSR count). The lowest BCUT2D eigenvalue weighted by Crippen LogP contribution is -2.23. The Hall–Kier alpha value is -1.80. The molecule has 0 radical (unpaired) electrons. The fourth-order valence-corrected chi connectivity index (χ4v) is 4.76. The molecule has 0 unspecified atom stereocenters. The Morgan fingerprint density at radius 1 is 1.32 bits per heavy atom. The van der Waals surface area contributed by atoms with Crippen LogP contribution in [0.4, 0.5) is 9.52 Å². The van der Waals surface area contributed by atoms with Crippen molar-refractivity contribution in [2.24, 2.45) is 5.92 Å². The smallest absolute Gasteiger partial charge is 0.230 e. The van der Waals surface area contributed by atoms with E-state index < -0.39 is 15.8 Å². The molecule has 1 aromatic heterocycles. The number of thiazole rings is 1. The van der Waals surface area contributed by atoms with Crippen LogP contribution in [0.1, 0.15) is 6.42 Å². The van der Waals surface area contributed by atoms with Crippen LogP contribution < -0.4 is 5.32 Å². The predicted molar refractivity (Wildman–Crippen MR) is 82.9 cm³/mol. The van der Waals surface area contributed by atoms with Crippen molar-refractivity contribution in [1.82, 2.24) is 4.98 Å². The third-order valence-corrected chi connectivity index (χ3v) is 6.00. The van der Waals surface area contributed by atoms with E-state index in [-0.39, 0.29) is 23.2 Å². The van der Waals surface area contributed by atoms with Gasteiger partial charge in [-0.25, -0.2) is 17.8 Å².